The molecule has 1 aliphatic carbocycles. The van der Waals surface area contributed by atoms with E-state index in [4.69, 9.17) is 9.47 Å². The van der Waals surface area contributed by atoms with E-state index in [-0.39, 0.29) is 35.3 Å². The van der Waals surface area contributed by atoms with Gasteiger partial charge in [-0.1, -0.05) is 32.9 Å². The Morgan fingerprint density at radius 1 is 1.11 bits per heavy atom. The minimum atomic E-state index is -4.94. The number of methoxy groups -OCH3 is 2. The number of carbonyl (C=O) groups is 2. The Morgan fingerprint density at radius 2 is 1.82 bits per heavy atom. The van der Waals surface area contributed by atoms with Crippen LogP contribution in [0.5, 0.6) is 5.75 Å². The molecule has 1 aliphatic rings. The molecular formula is C30H34F3N3O6S2. The van der Waals surface area contributed by atoms with Gasteiger partial charge in [-0.05, 0) is 60.8 Å². The van der Waals surface area contributed by atoms with Crippen molar-refractivity contribution in [3.05, 3.63) is 52.0 Å². The zero-order valence-electron chi connectivity index (χ0n) is 25.0. The summed E-state index contributed by atoms with van der Waals surface area (Å²) in [4.78, 5) is 33.8. The lowest BCUT2D eigenvalue weighted by molar-refractivity contribution is -0.141. The van der Waals surface area contributed by atoms with Crippen LogP contribution in [0, 0.1) is 11.3 Å². The number of benzene rings is 1. The number of thiophene rings is 1. The smallest absolute Gasteiger partial charge is 0.433 e. The number of sulfone groups is 1. The number of ether oxygens (including phenoxy) is 2. The Morgan fingerprint density at radius 3 is 2.45 bits per heavy atom. The molecule has 0 aliphatic heterocycles. The van der Waals surface area contributed by atoms with Gasteiger partial charge in [-0.3, -0.25) is 4.79 Å². The number of nitrogens with zero attached hydrogens (tertiary/aromatic N) is 2. The minimum absolute atomic E-state index is 0.0687. The maximum Gasteiger partial charge on any atom is 0.433 e. The van der Waals surface area contributed by atoms with Crippen molar-refractivity contribution in [2.75, 3.05) is 25.3 Å². The van der Waals surface area contributed by atoms with Crippen LogP contribution in [0.1, 0.15) is 66.5 Å². The Hall–Kier alpha value is -3.52. The van der Waals surface area contributed by atoms with Crippen molar-refractivity contribution in [1.29, 1.82) is 0 Å². The number of alkyl halides is 3. The lowest BCUT2D eigenvalue weighted by Crippen LogP contribution is -2.26. The zero-order chi connectivity index (χ0) is 32.4. The third-order valence-electron chi connectivity index (χ3n) is 7.61. The second-order valence-electron chi connectivity index (χ2n) is 11.6. The van der Waals surface area contributed by atoms with Crippen LogP contribution in [0.3, 0.4) is 0 Å². The number of anilines is 1. The van der Waals surface area contributed by atoms with Gasteiger partial charge < -0.3 is 14.8 Å². The van der Waals surface area contributed by atoms with Crippen LogP contribution in [-0.2, 0) is 38.4 Å². The topological polar surface area (TPSA) is 125 Å². The number of aromatic nitrogens is 2. The molecule has 2 aromatic heterocycles. The molecule has 14 heteroatoms. The van der Waals surface area contributed by atoms with Gasteiger partial charge in [-0.15, -0.1) is 11.3 Å². The highest BCUT2D eigenvalue weighted by atomic mass is 32.2. The number of hydrogen-bond donors (Lipinski definition) is 1. The standard InChI is InChI=1S/C30H34F3N3O6S2/c1-29(2,3)17-12-13-19-22(15-17)43-26(25(19)27(38)42-5)36-24(37)11-8-14-44(39,40)28-34-20(16-23(35-28)30(31,32)33)18-9-6-7-10-21(18)41-4/h6-7,9-10,16-17H,8,11-15H2,1-5H3,(H,36,37)/t17-/m1/s1. The van der Waals surface area contributed by atoms with E-state index in [9.17, 15) is 31.2 Å². The van der Waals surface area contributed by atoms with Gasteiger partial charge in [0.25, 0.3) is 0 Å². The first-order valence-corrected chi connectivity index (χ1v) is 16.4. The molecule has 0 saturated carbocycles. The zero-order valence-corrected chi connectivity index (χ0v) is 26.6. The van der Waals surface area contributed by atoms with Crippen molar-refractivity contribution in [3.63, 3.8) is 0 Å². The third kappa shape index (κ3) is 7.40. The van der Waals surface area contributed by atoms with Crippen LogP contribution < -0.4 is 10.1 Å². The molecule has 9 nitrogen and oxygen atoms in total. The molecule has 1 aromatic carbocycles. The predicted molar refractivity (Wildman–Crippen MR) is 160 cm³/mol. The summed E-state index contributed by atoms with van der Waals surface area (Å²) >= 11 is 1.31. The number of halogens is 3. The Bertz CT molecular complexity index is 1660. The van der Waals surface area contributed by atoms with Gasteiger partial charge in [0.05, 0.1) is 31.2 Å². The first kappa shape index (κ1) is 33.4. The second-order valence-corrected chi connectivity index (χ2v) is 14.7. The first-order valence-electron chi connectivity index (χ1n) is 13.9. The second kappa shape index (κ2) is 12.8. The van der Waals surface area contributed by atoms with Crippen molar-refractivity contribution in [3.8, 4) is 17.0 Å². The van der Waals surface area contributed by atoms with E-state index >= 15 is 0 Å². The van der Waals surface area contributed by atoms with E-state index in [1.54, 1.807) is 12.1 Å². The summed E-state index contributed by atoms with van der Waals surface area (Å²) in [5.74, 6) is -1.19. The van der Waals surface area contributed by atoms with Crippen molar-refractivity contribution < 1.29 is 40.7 Å². The SMILES string of the molecule is COC(=O)c1c(NC(=O)CCCS(=O)(=O)c2nc(-c3ccccc3OC)cc(C(F)(F)F)n2)sc2c1CC[C@@H](C(C)(C)C)C2. The maximum atomic E-state index is 13.7. The summed E-state index contributed by atoms with van der Waals surface area (Å²) < 4.78 is 77.4. The fourth-order valence-corrected chi connectivity index (χ4v) is 7.65. The highest BCUT2D eigenvalue weighted by Gasteiger charge is 2.36. The summed E-state index contributed by atoms with van der Waals surface area (Å²) in [6.45, 7) is 6.49. The minimum Gasteiger partial charge on any atom is -0.496 e. The van der Waals surface area contributed by atoms with Crippen LogP contribution in [0.2, 0.25) is 0 Å². The number of hydrogen-bond acceptors (Lipinski definition) is 9. The van der Waals surface area contributed by atoms with E-state index in [2.05, 4.69) is 36.1 Å². The van der Waals surface area contributed by atoms with E-state index < -0.39 is 44.5 Å². The first-order chi connectivity index (χ1) is 20.5. The lowest BCUT2D eigenvalue weighted by atomic mass is 9.72. The van der Waals surface area contributed by atoms with Gasteiger partial charge in [0.2, 0.25) is 20.9 Å². The van der Waals surface area contributed by atoms with Gasteiger partial charge in [-0.2, -0.15) is 13.2 Å². The van der Waals surface area contributed by atoms with Crippen LogP contribution in [0.25, 0.3) is 11.3 Å². The van der Waals surface area contributed by atoms with Crippen LogP contribution in [-0.4, -0.2) is 50.2 Å². The molecule has 0 spiro atoms. The summed E-state index contributed by atoms with van der Waals surface area (Å²) in [6, 6.07) is 6.79. The molecule has 238 valence electrons. The number of esters is 1. The van der Waals surface area contributed by atoms with Crippen molar-refractivity contribution in [1.82, 2.24) is 9.97 Å². The molecule has 0 saturated heterocycles. The van der Waals surface area contributed by atoms with Gasteiger partial charge in [0.1, 0.15) is 16.4 Å². The number of amides is 1. The summed E-state index contributed by atoms with van der Waals surface area (Å²) in [6.07, 6.45) is -3.11. The number of fused-ring (bicyclic) bond motifs is 1. The maximum absolute atomic E-state index is 13.7. The average Bonchev–Trinajstić information content (AvgIpc) is 3.32. The van der Waals surface area contributed by atoms with Crippen LogP contribution in [0.4, 0.5) is 18.2 Å². The monoisotopic (exact) mass is 653 g/mol. The van der Waals surface area contributed by atoms with Gasteiger partial charge >= 0.3 is 12.1 Å². The Kier molecular flexibility index (Phi) is 9.74. The third-order valence-corrected chi connectivity index (χ3v) is 10.3. The van der Waals surface area contributed by atoms with Crippen molar-refractivity contribution >= 4 is 38.1 Å². The van der Waals surface area contributed by atoms with Gasteiger partial charge in [-0.25, -0.2) is 23.2 Å². The fourth-order valence-electron chi connectivity index (χ4n) is 5.14. The average molecular weight is 654 g/mol. The molecule has 1 N–H and O–H groups in total. The molecule has 4 rings (SSSR count). The van der Waals surface area contributed by atoms with E-state index in [1.165, 1.54) is 37.7 Å². The number of rotatable bonds is 9. The molecule has 0 bridgehead atoms. The summed E-state index contributed by atoms with van der Waals surface area (Å²) in [7, 11) is -1.83. The van der Waals surface area contributed by atoms with Crippen LogP contribution >= 0.6 is 11.3 Å². The largest absolute Gasteiger partial charge is 0.496 e. The Labute approximate surface area is 258 Å². The van der Waals surface area contributed by atoms with Crippen LogP contribution in [0.15, 0.2) is 35.5 Å². The van der Waals surface area contributed by atoms with Gasteiger partial charge in [0, 0.05) is 16.9 Å². The van der Waals surface area contributed by atoms with E-state index in [0.717, 1.165) is 23.3 Å². The van der Waals surface area contributed by atoms with Crippen molar-refractivity contribution in [2.24, 2.45) is 11.3 Å². The molecule has 1 atom stereocenters. The van der Waals surface area contributed by atoms with Gasteiger partial charge in [0.15, 0.2) is 0 Å². The molecular weight excluding hydrogens is 619 g/mol. The summed E-state index contributed by atoms with van der Waals surface area (Å²) in [5.41, 5.74) is -0.302. The van der Waals surface area contributed by atoms with E-state index in [1.807, 2.05) is 0 Å². The molecule has 0 radical (unpaired) electrons. The molecule has 2 heterocycles. The normalized spacial score (nSPS) is 15.4. The molecule has 44 heavy (non-hydrogen) atoms. The quantitative estimate of drug-likeness (QED) is 0.209. The predicted octanol–water partition coefficient (Wildman–Crippen LogP) is 6.36. The fraction of sp³-hybridized carbons (Fsp3) is 0.467. The lowest BCUT2D eigenvalue weighted by Gasteiger charge is -2.33. The molecule has 3 aromatic rings. The number of carbonyl (C=O) groups excluding carboxylic acids is 2. The number of para-hydroxylation sites is 1. The molecule has 0 fully saturated rings. The highest BCUT2D eigenvalue weighted by molar-refractivity contribution is 7.91. The molecule has 1 amide bonds. The number of nitrogens with one attached hydrogen (secondary N) is 1. The highest BCUT2D eigenvalue weighted by Crippen LogP contribution is 2.44. The summed E-state index contributed by atoms with van der Waals surface area (Å²) in [5, 5.41) is 2.07. The van der Waals surface area contributed by atoms with Crippen molar-refractivity contribution in [2.45, 2.75) is 64.2 Å². The Balaban J connectivity index is 1.52. The van der Waals surface area contributed by atoms with E-state index in [0.29, 0.717) is 29.0 Å². The molecule has 0 unspecified atom stereocenters.